The molecule has 0 aliphatic carbocycles. The largest absolute Gasteiger partial charge is 0.411 e. The molecule has 0 aromatic carbocycles. The highest BCUT2D eigenvalue weighted by molar-refractivity contribution is 7.91. The van der Waals surface area contributed by atoms with Crippen LogP contribution >= 0.6 is 0 Å². The van der Waals surface area contributed by atoms with E-state index in [0.717, 1.165) is 0 Å². The molecule has 0 unspecified atom stereocenters. The number of ether oxygens (including phenoxy) is 1. The van der Waals surface area contributed by atoms with E-state index in [1.54, 1.807) is 0 Å². The summed E-state index contributed by atoms with van der Waals surface area (Å²) in [7, 11) is -2.86. The monoisotopic (exact) mass is 289 g/mol. The lowest BCUT2D eigenvalue weighted by Gasteiger charge is -2.23. The SMILES string of the molecule is O=S1(=O)CCC(NCCCOCC(F)(F)F)CC1. The highest BCUT2D eigenvalue weighted by Gasteiger charge is 2.27. The Balaban J connectivity index is 1.99. The van der Waals surface area contributed by atoms with Crippen LogP contribution in [-0.2, 0) is 14.6 Å². The average molecular weight is 289 g/mol. The second-order valence-electron chi connectivity index (χ2n) is 4.40. The van der Waals surface area contributed by atoms with Gasteiger partial charge in [-0.15, -0.1) is 0 Å². The summed E-state index contributed by atoms with van der Waals surface area (Å²) >= 11 is 0. The maximum Gasteiger partial charge on any atom is 0.411 e. The van der Waals surface area contributed by atoms with E-state index in [-0.39, 0.29) is 24.2 Å². The molecule has 1 aliphatic heterocycles. The summed E-state index contributed by atoms with van der Waals surface area (Å²) in [5.41, 5.74) is 0. The van der Waals surface area contributed by atoms with Crippen molar-refractivity contribution in [3.63, 3.8) is 0 Å². The number of hydrogen-bond donors (Lipinski definition) is 1. The Bertz CT molecular complexity index is 329. The molecule has 1 heterocycles. The van der Waals surface area contributed by atoms with Crippen LogP contribution in [0.3, 0.4) is 0 Å². The molecular formula is C10H18F3NO3S. The third-order valence-corrected chi connectivity index (χ3v) is 4.43. The maximum absolute atomic E-state index is 11.7. The molecule has 0 bridgehead atoms. The zero-order valence-corrected chi connectivity index (χ0v) is 10.8. The topological polar surface area (TPSA) is 55.4 Å². The molecule has 1 rings (SSSR count). The normalized spacial score (nSPS) is 21.1. The molecule has 1 aliphatic rings. The minimum atomic E-state index is -4.27. The van der Waals surface area contributed by atoms with Gasteiger partial charge in [0, 0.05) is 12.6 Å². The molecule has 0 aromatic rings. The van der Waals surface area contributed by atoms with E-state index in [1.165, 1.54) is 0 Å². The van der Waals surface area contributed by atoms with Crippen molar-refractivity contribution in [3.8, 4) is 0 Å². The summed E-state index contributed by atoms with van der Waals surface area (Å²) in [4.78, 5) is 0. The Morgan fingerprint density at radius 1 is 1.22 bits per heavy atom. The second-order valence-corrected chi connectivity index (χ2v) is 6.71. The molecule has 0 saturated carbocycles. The summed E-state index contributed by atoms with van der Waals surface area (Å²) in [6, 6.07) is 0.149. The van der Waals surface area contributed by atoms with Crippen molar-refractivity contribution in [2.24, 2.45) is 0 Å². The molecule has 1 fully saturated rings. The molecule has 0 radical (unpaired) electrons. The zero-order chi connectivity index (χ0) is 13.6. The van der Waals surface area contributed by atoms with E-state index < -0.39 is 22.6 Å². The summed E-state index contributed by atoms with van der Waals surface area (Å²) in [5, 5.41) is 3.13. The van der Waals surface area contributed by atoms with Crippen molar-refractivity contribution in [3.05, 3.63) is 0 Å². The molecule has 1 N–H and O–H groups in total. The van der Waals surface area contributed by atoms with Gasteiger partial charge in [0.05, 0.1) is 11.5 Å². The molecule has 108 valence electrons. The molecule has 0 atom stereocenters. The van der Waals surface area contributed by atoms with Crippen molar-refractivity contribution in [2.75, 3.05) is 31.3 Å². The first kappa shape index (κ1) is 15.7. The summed E-state index contributed by atoms with van der Waals surface area (Å²) in [6.45, 7) is -0.616. The summed E-state index contributed by atoms with van der Waals surface area (Å²) in [5.74, 6) is 0.379. The second kappa shape index (κ2) is 6.72. The van der Waals surface area contributed by atoms with Crippen molar-refractivity contribution >= 4 is 9.84 Å². The minimum absolute atomic E-state index is 0.0531. The highest BCUT2D eigenvalue weighted by atomic mass is 32.2. The smallest absolute Gasteiger partial charge is 0.372 e. The molecule has 0 spiro atoms. The molecule has 1 saturated heterocycles. The van der Waals surface area contributed by atoms with E-state index in [4.69, 9.17) is 0 Å². The highest BCUT2D eigenvalue weighted by Crippen LogP contribution is 2.14. The Morgan fingerprint density at radius 3 is 2.39 bits per heavy atom. The van der Waals surface area contributed by atoms with Crippen LogP contribution in [0.4, 0.5) is 13.2 Å². The first-order chi connectivity index (χ1) is 8.29. The summed E-state index contributed by atoms with van der Waals surface area (Å²) < 4.78 is 62.0. The fourth-order valence-corrected chi connectivity index (χ4v) is 3.25. The van der Waals surface area contributed by atoms with Gasteiger partial charge in [-0.25, -0.2) is 8.42 Å². The van der Waals surface area contributed by atoms with Crippen LogP contribution in [0, 0.1) is 0 Å². The fourth-order valence-electron chi connectivity index (χ4n) is 1.76. The van der Waals surface area contributed by atoms with Gasteiger partial charge >= 0.3 is 6.18 Å². The molecule has 8 heteroatoms. The maximum atomic E-state index is 11.7. The van der Waals surface area contributed by atoms with Gasteiger partial charge in [0.15, 0.2) is 0 Å². The van der Waals surface area contributed by atoms with Crippen molar-refractivity contribution in [1.29, 1.82) is 0 Å². The predicted octanol–water partition coefficient (Wildman–Crippen LogP) is 1.12. The fraction of sp³-hybridized carbons (Fsp3) is 1.00. The molecule has 0 amide bonds. The number of rotatable bonds is 6. The van der Waals surface area contributed by atoms with Gasteiger partial charge in [-0.05, 0) is 25.8 Å². The van der Waals surface area contributed by atoms with Gasteiger partial charge in [-0.3, -0.25) is 0 Å². The van der Waals surface area contributed by atoms with Crippen LogP contribution in [0.5, 0.6) is 0 Å². The van der Waals surface area contributed by atoms with Crippen LogP contribution in [0.2, 0.25) is 0 Å². The Morgan fingerprint density at radius 2 is 1.83 bits per heavy atom. The number of halogens is 3. The van der Waals surface area contributed by atoms with Crippen LogP contribution in [0.25, 0.3) is 0 Å². The van der Waals surface area contributed by atoms with E-state index in [1.807, 2.05) is 0 Å². The van der Waals surface area contributed by atoms with Gasteiger partial charge < -0.3 is 10.1 Å². The van der Waals surface area contributed by atoms with Gasteiger partial charge in [0.1, 0.15) is 16.4 Å². The van der Waals surface area contributed by atoms with E-state index in [2.05, 4.69) is 10.1 Å². The third-order valence-electron chi connectivity index (χ3n) is 2.72. The van der Waals surface area contributed by atoms with Crippen LogP contribution in [0.1, 0.15) is 19.3 Å². The number of sulfone groups is 1. The van der Waals surface area contributed by atoms with Gasteiger partial charge in [-0.2, -0.15) is 13.2 Å². The number of hydrogen-bond acceptors (Lipinski definition) is 4. The van der Waals surface area contributed by atoms with E-state index >= 15 is 0 Å². The van der Waals surface area contributed by atoms with Crippen molar-refractivity contribution < 1.29 is 26.3 Å². The Labute approximate surface area is 105 Å². The van der Waals surface area contributed by atoms with E-state index in [0.29, 0.717) is 25.8 Å². The number of nitrogens with one attached hydrogen (secondary N) is 1. The van der Waals surface area contributed by atoms with Crippen LogP contribution < -0.4 is 5.32 Å². The lowest BCUT2D eigenvalue weighted by Crippen LogP contribution is -2.38. The van der Waals surface area contributed by atoms with E-state index in [9.17, 15) is 21.6 Å². The quantitative estimate of drug-likeness (QED) is 0.745. The standard InChI is InChI=1S/C10H18F3NO3S/c11-10(12,13)8-17-5-1-4-14-9-2-6-18(15,16)7-3-9/h9,14H,1-8H2. The number of alkyl halides is 3. The molecule has 18 heavy (non-hydrogen) atoms. The van der Waals surface area contributed by atoms with Crippen molar-refractivity contribution in [1.82, 2.24) is 5.32 Å². The molecule has 4 nitrogen and oxygen atoms in total. The van der Waals surface area contributed by atoms with Gasteiger partial charge in [0.25, 0.3) is 0 Å². The van der Waals surface area contributed by atoms with Gasteiger partial charge in [-0.1, -0.05) is 0 Å². The summed E-state index contributed by atoms with van der Waals surface area (Å²) in [6.07, 6.45) is -2.64. The van der Waals surface area contributed by atoms with Crippen molar-refractivity contribution in [2.45, 2.75) is 31.5 Å². The third kappa shape index (κ3) is 7.17. The Hall–Kier alpha value is -0.340. The first-order valence-electron chi connectivity index (χ1n) is 5.87. The average Bonchev–Trinajstić information content (AvgIpc) is 2.23. The lowest BCUT2D eigenvalue weighted by molar-refractivity contribution is -0.173. The predicted molar refractivity (Wildman–Crippen MR) is 61.2 cm³/mol. The Kier molecular flexibility index (Phi) is 5.87. The first-order valence-corrected chi connectivity index (χ1v) is 7.69. The lowest BCUT2D eigenvalue weighted by atomic mass is 10.1. The molecular weight excluding hydrogens is 271 g/mol. The van der Waals surface area contributed by atoms with Gasteiger partial charge in [0.2, 0.25) is 0 Å². The zero-order valence-electron chi connectivity index (χ0n) is 10.0. The molecule has 0 aromatic heterocycles. The minimum Gasteiger partial charge on any atom is -0.372 e. The van der Waals surface area contributed by atoms with Crippen LogP contribution in [0.15, 0.2) is 0 Å². The van der Waals surface area contributed by atoms with Crippen LogP contribution in [-0.4, -0.2) is 51.9 Å².